The molecule has 0 fully saturated rings. The summed E-state index contributed by atoms with van der Waals surface area (Å²) in [6.45, 7) is 2.66. The third-order valence-electron chi connectivity index (χ3n) is 1.85. The van der Waals surface area contributed by atoms with Crippen LogP contribution in [0.25, 0.3) is 0 Å². The van der Waals surface area contributed by atoms with Gasteiger partial charge < -0.3 is 11.5 Å². The summed E-state index contributed by atoms with van der Waals surface area (Å²) in [5.41, 5.74) is 10.9. The molecular formula is C7H11N9S. The van der Waals surface area contributed by atoms with E-state index in [1.54, 1.807) is 4.68 Å². The smallest absolute Gasteiger partial charge is 0.225 e. The average molecular weight is 253 g/mol. The number of nitrogens with zero attached hydrogens (tertiary/aromatic N) is 7. The molecule has 2 aromatic heterocycles. The molecule has 0 aliphatic carbocycles. The summed E-state index contributed by atoms with van der Waals surface area (Å²) in [4.78, 5) is 11.6. The predicted octanol–water partition coefficient (Wildman–Crippen LogP) is -0.665. The van der Waals surface area contributed by atoms with Crippen molar-refractivity contribution in [2.75, 3.05) is 11.5 Å². The summed E-state index contributed by atoms with van der Waals surface area (Å²) in [6, 6.07) is 0. The number of thioether (sulfide) groups is 1. The molecule has 0 atom stereocenters. The number of anilines is 2. The number of hydrogen-bond acceptors (Lipinski definition) is 9. The highest BCUT2D eigenvalue weighted by atomic mass is 32.2. The van der Waals surface area contributed by atoms with E-state index in [1.165, 1.54) is 11.8 Å². The van der Waals surface area contributed by atoms with Crippen LogP contribution in [0.5, 0.6) is 0 Å². The second-order valence-corrected chi connectivity index (χ2v) is 3.98. The summed E-state index contributed by atoms with van der Waals surface area (Å²) in [6.07, 6.45) is 0. The zero-order valence-electron chi connectivity index (χ0n) is 9.11. The quantitative estimate of drug-likeness (QED) is 0.680. The minimum atomic E-state index is 0.114. The van der Waals surface area contributed by atoms with Gasteiger partial charge in [0.1, 0.15) is 5.82 Å². The SMILES string of the molecule is CCn1nnnc1SCc1nc(N)nc(N)n1. The van der Waals surface area contributed by atoms with E-state index in [2.05, 4.69) is 30.5 Å². The van der Waals surface area contributed by atoms with Crippen molar-refractivity contribution in [2.45, 2.75) is 24.4 Å². The third-order valence-corrected chi connectivity index (χ3v) is 2.80. The van der Waals surface area contributed by atoms with Crippen molar-refractivity contribution in [2.24, 2.45) is 0 Å². The molecule has 0 bridgehead atoms. The standard InChI is InChI=1S/C7H11N9S/c1-2-16-7(13-14-15-16)17-3-4-10-5(8)12-6(9)11-4/h2-3H2,1H3,(H4,8,9,10,11,12). The first-order chi connectivity index (χ1) is 8.19. The predicted molar refractivity (Wildman–Crippen MR) is 61.7 cm³/mol. The Balaban J connectivity index is 2.07. The average Bonchev–Trinajstić information content (AvgIpc) is 2.72. The summed E-state index contributed by atoms with van der Waals surface area (Å²) in [7, 11) is 0. The van der Waals surface area contributed by atoms with E-state index >= 15 is 0 Å². The molecule has 0 radical (unpaired) electrons. The molecule has 10 heteroatoms. The molecule has 2 heterocycles. The normalized spacial score (nSPS) is 10.6. The maximum atomic E-state index is 5.47. The number of tetrazole rings is 1. The fourth-order valence-electron chi connectivity index (χ4n) is 1.15. The Bertz CT molecular complexity index is 490. The van der Waals surface area contributed by atoms with E-state index in [-0.39, 0.29) is 11.9 Å². The van der Waals surface area contributed by atoms with E-state index in [1.807, 2.05) is 6.92 Å². The Labute approximate surface area is 101 Å². The van der Waals surface area contributed by atoms with Crippen LogP contribution in [0, 0.1) is 0 Å². The zero-order chi connectivity index (χ0) is 12.3. The second kappa shape index (κ2) is 4.91. The Hall–Kier alpha value is -1.97. The second-order valence-electron chi connectivity index (χ2n) is 3.03. The maximum Gasteiger partial charge on any atom is 0.225 e. The first-order valence-electron chi connectivity index (χ1n) is 4.84. The highest BCUT2D eigenvalue weighted by Crippen LogP contribution is 2.18. The highest BCUT2D eigenvalue weighted by Gasteiger charge is 2.08. The molecule has 2 rings (SSSR count). The fraction of sp³-hybridized carbons (Fsp3) is 0.429. The van der Waals surface area contributed by atoms with Crippen LogP contribution in [0.1, 0.15) is 12.7 Å². The van der Waals surface area contributed by atoms with Gasteiger partial charge in [0.25, 0.3) is 0 Å². The van der Waals surface area contributed by atoms with Gasteiger partial charge in [0.05, 0.1) is 5.75 Å². The van der Waals surface area contributed by atoms with Crippen LogP contribution in [0.2, 0.25) is 0 Å². The van der Waals surface area contributed by atoms with E-state index < -0.39 is 0 Å². The minimum absolute atomic E-state index is 0.114. The summed E-state index contributed by atoms with van der Waals surface area (Å²) < 4.78 is 1.68. The van der Waals surface area contributed by atoms with Gasteiger partial charge in [0.2, 0.25) is 17.1 Å². The van der Waals surface area contributed by atoms with Crippen molar-refractivity contribution in [1.82, 2.24) is 35.2 Å². The first-order valence-corrected chi connectivity index (χ1v) is 5.82. The Morgan fingerprint density at radius 2 is 1.88 bits per heavy atom. The molecular weight excluding hydrogens is 242 g/mol. The van der Waals surface area contributed by atoms with Crippen LogP contribution in [0.15, 0.2) is 5.16 Å². The molecule has 90 valence electrons. The van der Waals surface area contributed by atoms with Crippen molar-refractivity contribution in [3.8, 4) is 0 Å². The van der Waals surface area contributed by atoms with Crippen LogP contribution in [-0.2, 0) is 12.3 Å². The van der Waals surface area contributed by atoms with E-state index in [0.717, 1.165) is 0 Å². The van der Waals surface area contributed by atoms with Crippen molar-refractivity contribution in [3.05, 3.63) is 5.82 Å². The summed E-state index contributed by atoms with van der Waals surface area (Å²) in [5, 5.41) is 12.0. The number of aryl methyl sites for hydroxylation is 1. The molecule has 2 aromatic rings. The minimum Gasteiger partial charge on any atom is -0.368 e. The third kappa shape index (κ3) is 2.78. The molecule has 0 aromatic carbocycles. The van der Waals surface area contributed by atoms with Gasteiger partial charge in [0.15, 0.2) is 0 Å². The molecule has 0 spiro atoms. The van der Waals surface area contributed by atoms with Gasteiger partial charge in [-0.1, -0.05) is 11.8 Å². The molecule has 0 saturated carbocycles. The van der Waals surface area contributed by atoms with Gasteiger partial charge in [-0.25, -0.2) is 4.68 Å². The topological polar surface area (TPSA) is 134 Å². The Morgan fingerprint density at radius 1 is 1.18 bits per heavy atom. The van der Waals surface area contributed by atoms with Crippen LogP contribution >= 0.6 is 11.8 Å². The Morgan fingerprint density at radius 3 is 2.53 bits per heavy atom. The Kier molecular flexibility index (Phi) is 3.32. The van der Waals surface area contributed by atoms with E-state index in [9.17, 15) is 0 Å². The van der Waals surface area contributed by atoms with Gasteiger partial charge in [-0.05, 0) is 17.4 Å². The van der Waals surface area contributed by atoms with Crippen molar-refractivity contribution in [1.29, 1.82) is 0 Å². The number of aromatic nitrogens is 7. The lowest BCUT2D eigenvalue weighted by atomic mass is 10.7. The lowest BCUT2D eigenvalue weighted by molar-refractivity contribution is 0.581. The first kappa shape index (κ1) is 11.5. The number of hydrogen-bond donors (Lipinski definition) is 2. The van der Waals surface area contributed by atoms with Crippen molar-refractivity contribution < 1.29 is 0 Å². The molecule has 4 N–H and O–H groups in total. The number of nitrogens with two attached hydrogens (primary N) is 2. The van der Waals surface area contributed by atoms with Crippen LogP contribution < -0.4 is 11.5 Å². The van der Waals surface area contributed by atoms with E-state index in [0.29, 0.717) is 23.3 Å². The lowest BCUT2D eigenvalue weighted by Gasteiger charge is -2.01. The highest BCUT2D eigenvalue weighted by molar-refractivity contribution is 7.98. The largest absolute Gasteiger partial charge is 0.368 e. The van der Waals surface area contributed by atoms with Gasteiger partial charge in [-0.2, -0.15) is 15.0 Å². The summed E-state index contributed by atoms with van der Waals surface area (Å²) in [5.74, 6) is 1.22. The molecule has 17 heavy (non-hydrogen) atoms. The molecule has 0 saturated heterocycles. The van der Waals surface area contributed by atoms with Crippen molar-refractivity contribution in [3.63, 3.8) is 0 Å². The molecule has 0 unspecified atom stereocenters. The van der Waals surface area contributed by atoms with E-state index in [4.69, 9.17) is 11.5 Å². The molecule has 0 amide bonds. The molecule has 9 nitrogen and oxygen atoms in total. The fourth-order valence-corrected chi connectivity index (χ4v) is 1.94. The summed E-state index contributed by atoms with van der Waals surface area (Å²) >= 11 is 1.41. The number of rotatable bonds is 4. The number of nitrogen functional groups attached to an aromatic ring is 2. The van der Waals surface area contributed by atoms with Gasteiger partial charge in [-0.3, -0.25) is 0 Å². The van der Waals surface area contributed by atoms with Crippen LogP contribution in [-0.4, -0.2) is 35.2 Å². The van der Waals surface area contributed by atoms with Crippen LogP contribution in [0.4, 0.5) is 11.9 Å². The maximum absolute atomic E-state index is 5.47. The van der Waals surface area contributed by atoms with Gasteiger partial charge >= 0.3 is 0 Å². The van der Waals surface area contributed by atoms with Crippen molar-refractivity contribution >= 4 is 23.7 Å². The molecule has 0 aliphatic rings. The van der Waals surface area contributed by atoms with Crippen LogP contribution in [0.3, 0.4) is 0 Å². The van der Waals surface area contributed by atoms with Gasteiger partial charge in [0, 0.05) is 6.54 Å². The zero-order valence-corrected chi connectivity index (χ0v) is 9.92. The monoisotopic (exact) mass is 253 g/mol. The lowest BCUT2D eigenvalue weighted by Crippen LogP contribution is -2.06. The molecule has 0 aliphatic heterocycles. The van der Waals surface area contributed by atoms with Gasteiger partial charge in [-0.15, -0.1) is 5.10 Å².